The molecule has 0 spiro atoms. The Morgan fingerprint density at radius 2 is 2.14 bits per heavy atom. The van der Waals surface area contributed by atoms with Crippen LogP contribution in [0, 0.1) is 0 Å². The maximum Gasteiger partial charge on any atom is 0.407 e. The van der Waals surface area contributed by atoms with Gasteiger partial charge in [0, 0.05) is 0 Å². The van der Waals surface area contributed by atoms with Gasteiger partial charge in [-0.15, -0.1) is 0 Å². The van der Waals surface area contributed by atoms with Gasteiger partial charge in [0.25, 0.3) is 0 Å². The van der Waals surface area contributed by atoms with Gasteiger partial charge in [-0.1, -0.05) is 13.3 Å². The molecule has 3 N–H and O–H groups in total. The van der Waals surface area contributed by atoms with Gasteiger partial charge in [-0.2, -0.15) is 0 Å². The van der Waals surface area contributed by atoms with Gasteiger partial charge in [-0.25, -0.2) is 4.79 Å². The number of ether oxygens (including phenoxy) is 1. The van der Waals surface area contributed by atoms with Crippen LogP contribution in [0.2, 0.25) is 0 Å². The molecule has 5 heteroatoms. The van der Waals surface area contributed by atoms with E-state index in [0.29, 0.717) is 19.4 Å². The number of rotatable bonds is 5. The van der Waals surface area contributed by atoms with Crippen LogP contribution >= 0.6 is 0 Å². The van der Waals surface area contributed by atoms with Crippen LogP contribution in [0.1, 0.15) is 32.6 Å². The van der Waals surface area contributed by atoms with Gasteiger partial charge < -0.3 is 15.8 Å². The lowest BCUT2D eigenvalue weighted by atomic mass is 10.3. The Labute approximate surface area is 83.0 Å². The van der Waals surface area contributed by atoms with E-state index in [9.17, 15) is 9.59 Å². The van der Waals surface area contributed by atoms with Gasteiger partial charge in [-0.3, -0.25) is 4.79 Å². The quantitative estimate of drug-likeness (QED) is 0.635. The zero-order chi connectivity index (χ0) is 10.6. The molecule has 1 aliphatic rings. The number of amides is 2. The topological polar surface area (TPSA) is 81.4 Å². The number of nitrogens with one attached hydrogen (secondary N) is 1. The van der Waals surface area contributed by atoms with Crippen molar-refractivity contribution in [3.63, 3.8) is 0 Å². The van der Waals surface area contributed by atoms with Crippen LogP contribution in [-0.2, 0) is 9.53 Å². The fourth-order valence-electron chi connectivity index (χ4n) is 1.10. The summed E-state index contributed by atoms with van der Waals surface area (Å²) in [6.07, 6.45) is 2.48. The first-order chi connectivity index (χ1) is 6.60. The standard InChI is InChI=1S/C9H16N2O3/c1-2-3-6-14-8(13)11-9(4-5-9)7(10)12/h2-6H2,1H3,(H2,10,12)(H,11,13). The average Bonchev–Trinajstić information content (AvgIpc) is 2.86. The number of hydrogen-bond acceptors (Lipinski definition) is 3. The van der Waals surface area contributed by atoms with Crippen molar-refractivity contribution in [1.29, 1.82) is 0 Å². The summed E-state index contributed by atoms with van der Waals surface area (Å²) in [5.74, 6) is -0.482. The molecule has 0 unspecified atom stereocenters. The van der Waals surface area contributed by atoms with Crippen LogP contribution in [0.4, 0.5) is 4.79 Å². The second kappa shape index (κ2) is 4.30. The Kier molecular flexibility index (Phi) is 3.33. The van der Waals surface area contributed by atoms with E-state index in [2.05, 4.69) is 5.32 Å². The first kappa shape index (κ1) is 10.8. The lowest BCUT2D eigenvalue weighted by molar-refractivity contribution is -0.120. The lowest BCUT2D eigenvalue weighted by Gasteiger charge is -2.13. The molecule has 2 amide bonds. The Balaban J connectivity index is 2.24. The van der Waals surface area contributed by atoms with Crippen molar-refractivity contribution in [3.05, 3.63) is 0 Å². The monoisotopic (exact) mass is 200 g/mol. The molecule has 0 atom stereocenters. The number of carbonyl (C=O) groups is 2. The zero-order valence-corrected chi connectivity index (χ0v) is 8.34. The molecule has 0 aliphatic heterocycles. The van der Waals surface area contributed by atoms with E-state index in [1.54, 1.807) is 0 Å². The molecule has 0 heterocycles. The zero-order valence-electron chi connectivity index (χ0n) is 8.34. The van der Waals surface area contributed by atoms with Gasteiger partial charge in [0.15, 0.2) is 0 Å². The third-order valence-electron chi connectivity index (χ3n) is 2.29. The number of nitrogens with two attached hydrogens (primary N) is 1. The van der Waals surface area contributed by atoms with Crippen LogP contribution in [0.15, 0.2) is 0 Å². The molecule has 0 radical (unpaired) electrons. The summed E-state index contributed by atoms with van der Waals surface area (Å²) in [6.45, 7) is 2.39. The van der Waals surface area contributed by atoms with Crippen molar-refractivity contribution < 1.29 is 14.3 Å². The van der Waals surface area contributed by atoms with E-state index in [0.717, 1.165) is 12.8 Å². The molecule has 0 saturated heterocycles. The van der Waals surface area contributed by atoms with Crippen LogP contribution in [0.25, 0.3) is 0 Å². The molecule has 14 heavy (non-hydrogen) atoms. The van der Waals surface area contributed by atoms with Gasteiger partial charge in [-0.05, 0) is 19.3 Å². The molecule has 1 fully saturated rings. The van der Waals surface area contributed by atoms with E-state index in [-0.39, 0.29) is 0 Å². The molecule has 1 rings (SSSR count). The van der Waals surface area contributed by atoms with Crippen LogP contribution in [0.3, 0.4) is 0 Å². The number of hydrogen-bond donors (Lipinski definition) is 2. The Bertz CT molecular complexity index is 236. The molecular weight excluding hydrogens is 184 g/mol. The fraction of sp³-hybridized carbons (Fsp3) is 0.778. The highest BCUT2D eigenvalue weighted by Crippen LogP contribution is 2.34. The van der Waals surface area contributed by atoms with E-state index in [1.165, 1.54) is 0 Å². The van der Waals surface area contributed by atoms with Gasteiger partial charge in [0.2, 0.25) is 5.91 Å². The van der Waals surface area contributed by atoms with Crippen LogP contribution < -0.4 is 11.1 Å². The predicted octanol–water partition coefficient (Wildman–Crippen LogP) is 0.531. The Morgan fingerprint density at radius 3 is 2.57 bits per heavy atom. The third kappa shape index (κ3) is 2.61. The molecule has 1 saturated carbocycles. The molecule has 80 valence electrons. The normalized spacial score (nSPS) is 17.2. The minimum absolute atomic E-state index is 0.386. The second-order valence-corrected chi connectivity index (χ2v) is 3.56. The lowest BCUT2D eigenvalue weighted by Crippen LogP contribution is -2.47. The van der Waals surface area contributed by atoms with E-state index >= 15 is 0 Å². The first-order valence-electron chi connectivity index (χ1n) is 4.85. The van der Waals surface area contributed by atoms with Crippen LogP contribution in [-0.4, -0.2) is 24.1 Å². The number of unbranched alkanes of at least 4 members (excludes halogenated alkanes) is 1. The van der Waals surface area contributed by atoms with Crippen molar-refractivity contribution in [1.82, 2.24) is 5.32 Å². The van der Waals surface area contributed by atoms with Crippen molar-refractivity contribution in [2.45, 2.75) is 38.1 Å². The average molecular weight is 200 g/mol. The van der Waals surface area contributed by atoms with E-state index in [1.807, 2.05) is 6.92 Å². The number of primary amides is 1. The molecular formula is C9H16N2O3. The van der Waals surface area contributed by atoms with E-state index in [4.69, 9.17) is 10.5 Å². The predicted molar refractivity (Wildman–Crippen MR) is 50.6 cm³/mol. The molecule has 0 aromatic carbocycles. The summed E-state index contributed by atoms with van der Waals surface area (Å²) in [4.78, 5) is 22.0. The Morgan fingerprint density at radius 1 is 1.50 bits per heavy atom. The highest BCUT2D eigenvalue weighted by atomic mass is 16.5. The molecule has 0 aromatic rings. The number of carbonyl (C=O) groups excluding carboxylic acids is 2. The summed E-state index contributed by atoms with van der Waals surface area (Å²) >= 11 is 0. The Hall–Kier alpha value is -1.26. The van der Waals surface area contributed by atoms with Gasteiger partial charge in [0.05, 0.1) is 6.61 Å². The number of alkyl carbamates (subject to hydrolysis) is 1. The maximum atomic E-state index is 11.1. The first-order valence-corrected chi connectivity index (χ1v) is 4.85. The fourth-order valence-corrected chi connectivity index (χ4v) is 1.10. The molecule has 0 bridgehead atoms. The van der Waals surface area contributed by atoms with Crippen molar-refractivity contribution >= 4 is 12.0 Å². The molecule has 0 aromatic heterocycles. The van der Waals surface area contributed by atoms with Crippen LogP contribution in [0.5, 0.6) is 0 Å². The highest BCUT2D eigenvalue weighted by molar-refractivity contribution is 5.91. The van der Waals surface area contributed by atoms with Crippen molar-refractivity contribution in [3.8, 4) is 0 Å². The second-order valence-electron chi connectivity index (χ2n) is 3.56. The maximum absolute atomic E-state index is 11.1. The third-order valence-corrected chi connectivity index (χ3v) is 2.29. The van der Waals surface area contributed by atoms with Gasteiger partial charge >= 0.3 is 6.09 Å². The van der Waals surface area contributed by atoms with Crippen molar-refractivity contribution in [2.75, 3.05) is 6.61 Å². The summed E-state index contributed by atoms with van der Waals surface area (Å²) in [5.41, 5.74) is 4.31. The van der Waals surface area contributed by atoms with E-state index < -0.39 is 17.5 Å². The highest BCUT2D eigenvalue weighted by Gasteiger charge is 2.50. The minimum atomic E-state index is -0.816. The SMILES string of the molecule is CCCCOC(=O)NC1(C(N)=O)CC1. The molecule has 1 aliphatic carbocycles. The summed E-state index contributed by atoms with van der Waals surface area (Å²) in [6, 6.07) is 0. The smallest absolute Gasteiger partial charge is 0.407 e. The largest absolute Gasteiger partial charge is 0.450 e. The molecule has 5 nitrogen and oxygen atoms in total. The summed E-state index contributed by atoms with van der Waals surface area (Å²) < 4.78 is 4.85. The summed E-state index contributed by atoms with van der Waals surface area (Å²) in [7, 11) is 0. The minimum Gasteiger partial charge on any atom is -0.450 e. The van der Waals surface area contributed by atoms with Gasteiger partial charge in [0.1, 0.15) is 5.54 Å². The van der Waals surface area contributed by atoms with Crippen molar-refractivity contribution in [2.24, 2.45) is 5.73 Å². The summed E-state index contributed by atoms with van der Waals surface area (Å²) in [5, 5.41) is 2.49.